The third-order valence-electron chi connectivity index (χ3n) is 6.72. The van der Waals surface area contributed by atoms with Crippen molar-refractivity contribution in [1.82, 2.24) is 14.5 Å². The van der Waals surface area contributed by atoms with E-state index in [9.17, 15) is 9.59 Å². The predicted molar refractivity (Wildman–Crippen MR) is 142 cm³/mol. The molecule has 0 unspecified atom stereocenters. The number of carbonyl (C=O) groups excluding carboxylic acids is 1. The summed E-state index contributed by atoms with van der Waals surface area (Å²) in [5, 5.41) is 3.42. The minimum Gasteiger partial charge on any atom is -0.459 e. The summed E-state index contributed by atoms with van der Waals surface area (Å²) >= 11 is 6.35. The number of hydrogen-bond donors (Lipinski definition) is 1. The van der Waals surface area contributed by atoms with Gasteiger partial charge in [-0.2, -0.15) is 0 Å². The Labute approximate surface area is 217 Å². The molecule has 0 saturated carbocycles. The number of likely N-dealkylation sites (tertiary alicyclic amines) is 1. The highest BCUT2D eigenvalue weighted by Crippen LogP contribution is 2.24. The van der Waals surface area contributed by atoms with Gasteiger partial charge in [-0.1, -0.05) is 79.2 Å². The van der Waals surface area contributed by atoms with Gasteiger partial charge in [0.05, 0.1) is 5.69 Å². The molecular formula is C28H33ClN4O3. The number of halogens is 1. The van der Waals surface area contributed by atoms with Crippen LogP contribution < -0.4 is 10.9 Å². The number of nitrogens with zero attached hydrogens (tertiary/aromatic N) is 3. The van der Waals surface area contributed by atoms with E-state index in [0.717, 1.165) is 31.5 Å². The highest BCUT2D eigenvalue weighted by molar-refractivity contribution is 6.30. The molecule has 2 atom stereocenters. The van der Waals surface area contributed by atoms with Crippen LogP contribution >= 0.6 is 11.6 Å². The van der Waals surface area contributed by atoms with Gasteiger partial charge in [-0.05, 0) is 43.4 Å². The summed E-state index contributed by atoms with van der Waals surface area (Å²) in [5.41, 5.74) is 2.20. The second-order valence-electron chi connectivity index (χ2n) is 9.49. The Bertz CT molecular complexity index is 1220. The van der Waals surface area contributed by atoms with Crippen LogP contribution in [0.25, 0.3) is 0 Å². The van der Waals surface area contributed by atoms with Crippen molar-refractivity contribution in [3.63, 3.8) is 0 Å². The molecule has 2 heterocycles. The standard InChI is InChI=1S/C28H33ClN4O3/c1-20-13-14-32(17-22-9-5-3-6-10-22)24(15-20)16-30-27-28(35)33(21(2)26(29)31-27)18-25(34)36-19-23-11-7-4-8-12-23/h3-12,20,24H,13-19H2,1-2H3,(H,30,31)/t20-,24-/m1/s1. The number of anilines is 1. The normalized spacial score (nSPS) is 18.1. The molecule has 1 fully saturated rings. The van der Waals surface area contributed by atoms with Gasteiger partial charge < -0.3 is 10.1 Å². The largest absolute Gasteiger partial charge is 0.459 e. The Morgan fingerprint density at radius 1 is 1.11 bits per heavy atom. The fourth-order valence-electron chi connectivity index (χ4n) is 4.59. The number of esters is 1. The lowest BCUT2D eigenvalue weighted by Gasteiger charge is -2.38. The van der Waals surface area contributed by atoms with E-state index in [1.807, 2.05) is 36.4 Å². The molecule has 0 radical (unpaired) electrons. The molecule has 8 heteroatoms. The van der Waals surface area contributed by atoms with Gasteiger partial charge >= 0.3 is 5.97 Å². The zero-order valence-electron chi connectivity index (χ0n) is 20.8. The number of rotatable bonds is 9. The van der Waals surface area contributed by atoms with Crippen molar-refractivity contribution in [2.24, 2.45) is 5.92 Å². The number of benzene rings is 2. The van der Waals surface area contributed by atoms with E-state index in [1.54, 1.807) is 6.92 Å². The Morgan fingerprint density at radius 3 is 2.47 bits per heavy atom. The van der Waals surface area contributed by atoms with E-state index in [2.05, 4.69) is 46.4 Å². The molecule has 1 aliphatic rings. The fraction of sp³-hybridized carbons (Fsp3) is 0.393. The molecule has 4 rings (SSSR count). The van der Waals surface area contributed by atoms with Crippen molar-refractivity contribution >= 4 is 23.4 Å². The lowest BCUT2D eigenvalue weighted by Crippen LogP contribution is -2.45. The lowest BCUT2D eigenvalue weighted by molar-refractivity contribution is -0.145. The molecule has 2 aromatic carbocycles. The van der Waals surface area contributed by atoms with Gasteiger partial charge in [-0.25, -0.2) is 4.98 Å². The Morgan fingerprint density at radius 2 is 1.78 bits per heavy atom. The van der Waals surface area contributed by atoms with Gasteiger partial charge in [0.15, 0.2) is 11.0 Å². The quantitative estimate of drug-likeness (QED) is 0.424. The maximum absolute atomic E-state index is 13.2. The second kappa shape index (κ2) is 12.2. The summed E-state index contributed by atoms with van der Waals surface area (Å²) in [7, 11) is 0. The first-order valence-corrected chi connectivity index (χ1v) is 12.8. The molecule has 1 N–H and O–H groups in total. The molecule has 1 aromatic heterocycles. The molecule has 3 aromatic rings. The molecule has 1 saturated heterocycles. The van der Waals surface area contributed by atoms with Crippen LogP contribution in [0.5, 0.6) is 0 Å². The molecule has 190 valence electrons. The summed E-state index contributed by atoms with van der Waals surface area (Å²) in [5.74, 6) is 0.251. The zero-order chi connectivity index (χ0) is 25.5. The summed E-state index contributed by atoms with van der Waals surface area (Å²) in [4.78, 5) is 32.5. The molecule has 7 nitrogen and oxygen atoms in total. The summed E-state index contributed by atoms with van der Waals surface area (Å²) in [6.07, 6.45) is 2.18. The van der Waals surface area contributed by atoms with Gasteiger partial charge in [0, 0.05) is 19.1 Å². The van der Waals surface area contributed by atoms with E-state index in [4.69, 9.17) is 16.3 Å². The Kier molecular flexibility index (Phi) is 8.78. The average Bonchev–Trinajstić information content (AvgIpc) is 2.89. The Balaban J connectivity index is 1.44. The SMILES string of the molecule is Cc1c(Cl)nc(NC[C@H]2C[C@H](C)CCN2Cc2ccccc2)c(=O)n1CC(=O)OCc1ccccc1. The minimum absolute atomic E-state index is 0.147. The second-order valence-corrected chi connectivity index (χ2v) is 9.85. The Hall–Kier alpha value is -3.16. The zero-order valence-corrected chi connectivity index (χ0v) is 21.6. The highest BCUT2D eigenvalue weighted by Gasteiger charge is 2.27. The highest BCUT2D eigenvalue weighted by atomic mass is 35.5. The van der Waals surface area contributed by atoms with Crippen molar-refractivity contribution in [3.05, 3.63) is 93.0 Å². The molecular weight excluding hydrogens is 476 g/mol. The molecule has 1 aliphatic heterocycles. The van der Waals surface area contributed by atoms with Crippen LogP contribution in [0.15, 0.2) is 65.5 Å². The van der Waals surface area contributed by atoms with E-state index in [-0.39, 0.29) is 35.7 Å². The number of nitrogens with one attached hydrogen (secondary N) is 1. The van der Waals surface area contributed by atoms with Crippen molar-refractivity contribution in [3.8, 4) is 0 Å². The monoisotopic (exact) mass is 508 g/mol. The van der Waals surface area contributed by atoms with Gasteiger partial charge in [0.1, 0.15) is 13.2 Å². The van der Waals surface area contributed by atoms with E-state index >= 15 is 0 Å². The molecule has 0 bridgehead atoms. The van der Waals surface area contributed by atoms with Crippen molar-refractivity contribution in [2.45, 2.75) is 52.4 Å². The third kappa shape index (κ3) is 6.74. The van der Waals surface area contributed by atoms with E-state index < -0.39 is 5.97 Å². The smallest absolute Gasteiger partial charge is 0.326 e. The van der Waals surface area contributed by atoms with Crippen LogP contribution in [0.2, 0.25) is 5.15 Å². The molecule has 0 spiro atoms. The number of piperidine rings is 1. The number of ether oxygens (including phenoxy) is 1. The van der Waals surface area contributed by atoms with Gasteiger partial charge in [-0.3, -0.25) is 19.1 Å². The lowest BCUT2D eigenvalue weighted by atomic mass is 9.92. The van der Waals surface area contributed by atoms with Crippen LogP contribution in [0.3, 0.4) is 0 Å². The van der Waals surface area contributed by atoms with Crippen LogP contribution in [-0.2, 0) is 29.2 Å². The van der Waals surface area contributed by atoms with Crippen molar-refractivity contribution < 1.29 is 9.53 Å². The first kappa shape index (κ1) is 25.9. The van der Waals surface area contributed by atoms with Crippen LogP contribution in [-0.4, -0.2) is 39.6 Å². The number of hydrogen-bond acceptors (Lipinski definition) is 6. The van der Waals surface area contributed by atoms with Gasteiger partial charge in [0.2, 0.25) is 0 Å². The number of carbonyl (C=O) groups is 1. The van der Waals surface area contributed by atoms with Crippen LogP contribution in [0, 0.1) is 12.8 Å². The fourth-order valence-corrected chi connectivity index (χ4v) is 4.78. The first-order chi connectivity index (χ1) is 17.4. The van der Waals surface area contributed by atoms with Gasteiger partial charge in [-0.15, -0.1) is 0 Å². The summed E-state index contributed by atoms with van der Waals surface area (Å²) in [6, 6.07) is 20.1. The minimum atomic E-state index is -0.507. The van der Waals surface area contributed by atoms with Crippen molar-refractivity contribution in [2.75, 3.05) is 18.4 Å². The molecule has 0 amide bonds. The number of aromatic nitrogens is 2. The van der Waals surface area contributed by atoms with Crippen LogP contribution in [0.4, 0.5) is 5.82 Å². The van der Waals surface area contributed by atoms with E-state index in [1.165, 1.54) is 10.1 Å². The topological polar surface area (TPSA) is 76.5 Å². The average molecular weight is 509 g/mol. The maximum atomic E-state index is 13.2. The predicted octanol–water partition coefficient (Wildman–Crippen LogP) is 4.66. The third-order valence-corrected chi connectivity index (χ3v) is 7.08. The maximum Gasteiger partial charge on any atom is 0.326 e. The van der Waals surface area contributed by atoms with Crippen LogP contribution in [0.1, 0.15) is 36.6 Å². The molecule has 36 heavy (non-hydrogen) atoms. The molecule has 0 aliphatic carbocycles. The van der Waals surface area contributed by atoms with Gasteiger partial charge in [0.25, 0.3) is 5.56 Å². The van der Waals surface area contributed by atoms with E-state index in [0.29, 0.717) is 18.2 Å². The first-order valence-electron chi connectivity index (χ1n) is 12.4. The summed E-state index contributed by atoms with van der Waals surface area (Å²) < 4.78 is 6.70. The van der Waals surface area contributed by atoms with Crippen molar-refractivity contribution in [1.29, 1.82) is 0 Å². The summed E-state index contributed by atoms with van der Waals surface area (Å²) in [6.45, 7) is 6.29.